The predicted molar refractivity (Wildman–Crippen MR) is 67.0 cm³/mol. The molecule has 2 N–H and O–H groups in total. The highest BCUT2D eigenvalue weighted by Crippen LogP contribution is 2.27. The molecule has 3 rings (SSSR count). The minimum atomic E-state index is -0.123. The highest BCUT2D eigenvalue weighted by Gasteiger charge is 2.35. The van der Waals surface area contributed by atoms with E-state index in [4.69, 9.17) is 4.52 Å². The number of aliphatic hydroxyl groups excluding tert-OH is 1. The Morgan fingerprint density at radius 2 is 2.39 bits per heavy atom. The minimum absolute atomic E-state index is 0.123. The van der Waals surface area contributed by atoms with Crippen LogP contribution in [0.3, 0.4) is 0 Å². The van der Waals surface area contributed by atoms with Crippen LogP contribution in [0.4, 0.5) is 0 Å². The van der Waals surface area contributed by atoms with Crippen LogP contribution in [0.2, 0.25) is 0 Å². The highest BCUT2D eigenvalue weighted by molar-refractivity contribution is 4.98. The van der Waals surface area contributed by atoms with Crippen molar-refractivity contribution >= 4 is 0 Å². The van der Waals surface area contributed by atoms with E-state index in [1.807, 2.05) is 6.07 Å². The van der Waals surface area contributed by atoms with Gasteiger partial charge in [0.15, 0.2) is 0 Å². The molecule has 3 atom stereocenters. The molecule has 0 aromatic carbocycles. The molecule has 0 radical (unpaired) electrons. The molecule has 1 aliphatic heterocycles. The van der Waals surface area contributed by atoms with Gasteiger partial charge in [0.2, 0.25) is 0 Å². The lowest BCUT2D eigenvalue weighted by atomic mass is 10.1. The average Bonchev–Trinajstić information content (AvgIpc) is 3.07. The summed E-state index contributed by atoms with van der Waals surface area (Å²) in [6, 6.07) is 3.00. The average molecular weight is 251 g/mol. The molecule has 5 nitrogen and oxygen atoms in total. The van der Waals surface area contributed by atoms with Crippen LogP contribution in [0.5, 0.6) is 0 Å². The summed E-state index contributed by atoms with van der Waals surface area (Å²) in [4.78, 5) is 2.44. The lowest BCUT2D eigenvalue weighted by molar-refractivity contribution is 0.149. The molecule has 1 aromatic rings. The first-order chi connectivity index (χ1) is 8.83. The van der Waals surface area contributed by atoms with Gasteiger partial charge in [0.1, 0.15) is 6.26 Å². The van der Waals surface area contributed by atoms with Gasteiger partial charge in [-0.3, -0.25) is 4.90 Å². The molecule has 0 spiro atoms. The second-order valence-corrected chi connectivity index (χ2v) is 5.41. The fraction of sp³-hybridized carbons (Fsp3) is 0.769. The van der Waals surface area contributed by atoms with Gasteiger partial charge in [0, 0.05) is 37.8 Å². The molecule has 1 unspecified atom stereocenters. The molecule has 2 heterocycles. The summed E-state index contributed by atoms with van der Waals surface area (Å²) in [5.41, 5.74) is 0.960. The largest absolute Gasteiger partial charge is 0.392 e. The Balaban J connectivity index is 1.54. The van der Waals surface area contributed by atoms with Crippen LogP contribution in [0, 0.1) is 0 Å². The van der Waals surface area contributed by atoms with Crippen molar-refractivity contribution in [1.29, 1.82) is 0 Å². The van der Waals surface area contributed by atoms with Gasteiger partial charge in [-0.1, -0.05) is 11.6 Å². The Hall–Kier alpha value is -0.910. The normalized spacial score (nSPS) is 33.3. The van der Waals surface area contributed by atoms with E-state index in [2.05, 4.69) is 15.4 Å². The third-order valence-electron chi connectivity index (χ3n) is 4.18. The molecule has 2 aliphatic rings. The lowest BCUT2D eigenvalue weighted by Crippen LogP contribution is -2.46. The van der Waals surface area contributed by atoms with E-state index in [-0.39, 0.29) is 6.10 Å². The van der Waals surface area contributed by atoms with Crippen molar-refractivity contribution in [2.75, 3.05) is 13.1 Å². The number of aliphatic hydroxyl groups is 1. The second-order valence-electron chi connectivity index (χ2n) is 5.41. The Kier molecular flexibility index (Phi) is 3.63. The van der Waals surface area contributed by atoms with Crippen LogP contribution in [0.25, 0.3) is 0 Å². The maximum Gasteiger partial charge on any atom is 0.124 e. The summed E-state index contributed by atoms with van der Waals surface area (Å²) >= 11 is 0. The van der Waals surface area contributed by atoms with Crippen LogP contribution in [-0.4, -0.2) is 46.4 Å². The standard InChI is InChI=1S/C13H21N3O2/c17-11-4-6-16(9-11)13-3-1-2-12(13)14-8-10-5-7-18-15-10/h5,7,11-14,17H,1-4,6,8-9H2/t11?,12-,13+/m1/s1. The molecular weight excluding hydrogens is 230 g/mol. The van der Waals surface area contributed by atoms with E-state index in [1.54, 1.807) is 6.26 Å². The topological polar surface area (TPSA) is 61.5 Å². The van der Waals surface area contributed by atoms with Gasteiger partial charge in [-0.15, -0.1) is 0 Å². The van der Waals surface area contributed by atoms with Crippen LogP contribution in [0.15, 0.2) is 16.9 Å². The summed E-state index contributed by atoms with van der Waals surface area (Å²) < 4.78 is 4.84. The van der Waals surface area contributed by atoms with Crippen LogP contribution in [-0.2, 0) is 6.54 Å². The van der Waals surface area contributed by atoms with Crippen molar-refractivity contribution in [3.8, 4) is 0 Å². The Bertz CT molecular complexity index is 368. The van der Waals surface area contributed by atoms with E-state index < -0.39 is 0 Å². The number of hydrogen-bond acceptors (Lipinski definition) is 5. The van der Waals surface area contributed by atoms with Gasteiger partial charge < -0.3 is 14.9 Å². The molecular formula is C13H21N3O2. The third-order valence-corrected chi connectivity index (χ3v) is 4.18. The summed E-state index contributed by atoms with van der Waals surface area (Å²) in [6.07, 6.45) is 6.14. The second kappa shape index (κ2) is 5.38. The number of rotatable bonds is 4. The zero-order valence-corrected chi connectivity index (χ0v) is 10.6. The van der Waals surface area contributed by atoms with Crippen molar-refractivity contribution in [3.05, 3.63) is 18.0 Å². The Morgan fingerprint density at radius 3 is 3.11 bits per heavy atom. The first kappa shape index (κ1) is 12.1. The molecule has 100 valence electrons. The van der Waals surface area contributed by atoms with E-state index in [9.17, 15) is 5.11 Å². The Morgan fingerprint density at radius 1 is 1.44 bits per heavy atom. The molecule has 0 amide bonds. The van der Waals surface area contributed by atoms with E-state index >= 15 is 0 Å². The number of likely N-dealkylation sites (tertiary alicyclic amines) is 1. The van der Waals surface area contributed by atoms with Crippen molar-refractivity contribution in [3.63, 3.8) is 0 Å². The van der Waals surface area contributed by atoms with Gasteiger partial charge in [-0.05, 0) is 19.3 Å². The highest BCUT2D eigenvalue weighted by atomic mass is 16.5. The van der Waals surface area contributed by atoms with Crippen molar-refractivity contribution in [2.45, 2.75) is 50.4 Å². The number of β-amino-alcohol motifs (C(OH)–C–C–N with tert-alkyl or cyclic N) is 1. The van der Waals surface area contributed by atoms with Gasteiger partial charge in [-0.2, -0.15) is 0 Å². The zero-order valence-electron chi connectivity index (χ0n) is 10.6. The molecule has 1 aromatic heterocycles. The first-order valence-corrected chi connectivity index (χ1v) is 6.87. The van der Waals surface area contributed by atoms with Gasteiger partial charge in [0.05, 0.1) is 11.8 Å². The Labute approximate surface area is 107 Å². The molecule has 18 heavy (non-hydrogen) atoms. The zero-order chi connectivity index (χ0) is 12.4. The maximum absolute atomic E-state index is 9.64. The predicted octanol–water partition coefficient (Wildman–Crippen LogP) is 0.752. The van der Waals surface area contributed by atoms with E-state index in [0.717, 1.165) is 31.7 Å². The number of nitrogens with zero attached hydrogens (tertiary/aromatic N) is 2. The van der Waals surface area contributed by atoms with Crippen LogP contribution < -0.4 is 5.32 Å². The quantitative estimate of drug-likeness (QED) is 0.827. The maximum atomic E-state index is 9.64. The molecule has 5 heteroatoms. The summed E-state index contributed by atoms with van der Waals surface area (Å²) in [5.74, 6) is 0. The van der Waals surface area contributed by atoms with Crippen molar-refractivity contribution in [1.82, 2.24) is 15.4 Å². The smallest absolute Gasteiger partial charge is 0.124 e. The summed E-state index contributed by atoms with van der Waals surface area (Å²) in [7, 11) is 0. The number of aromatic nitrogens is 1. The SMILES string of the molecule is OC1CCN([C@H]2CCC[C@H]2NCc2ccon2)C1. The van der Waals surface area contributed by atoms with Crippen molar-refractivity contribution in [2.24, 2.45) is 0 Å². The third kappa shape index (κ3) is 2.58. The molecule has 1 saturated heterocycles. The van der Waals surface area contributed by atoms with Gasteiger partial charge in [-0.25, -0.2) is 0 Å². The molecule has 1 aliphatic carbocycles. The van der Waals surface area contributed by atoms with Gasteiger partial charge in [0.25, 0.3) is 0 Å². The number of hydrogen-bond donors (Lipinski definition) is 2. The van der Waals surface area contributed by atoms with Crippen LogP contribution in [0.1, 0.15) is 31.4 Å². The van der Waals surface area contributed by atoms with E-state index in [0.29, 0.717) is 12.1 Å². The van der Waals surface area contributed by atoms with Crippen LogP contribution >= 0.6 is 0 Å². The first-order valence-electron chi connectivity index (χ1n) is 6.87. The summed E-state index contributed by atoms with van der Waals surface area (Å²) in [5, 5.41) is 17.1. The molecule has 0 bridgehead atoms. The van der Waals surface area contributed by atoms with Crippen molar-refractivity contribution < 1.29 is 9.63 Å². The minimum Gasteiger partial charge on any atom is -0.392 e. The molecule has 2 fully saturated rings. The molecule has 1 saturated carbocycles. The fourth-order valence-electron chi connectivity index (χ4n) is 3.25. The number of nitrogens with one attached hydrogen (secondary N) is 1. The fourth-order valence-corrected chi connectivity index (χ4v) is 3.25. The van der Waals surface area contributed by atoms with E-state index in [1.165, 1.54) is 19.3 Å². The van der Waals surface area contributed by atoms with Gasteiger partial charge >= 0.3 is 0 Å². The lowest BCUT2D eigenvalue weighted by Gasteiger charge is -2.29. The monoisotopic (exact) mass is 251 g/mol. The summed E-state index contributed by atoms with van der Waals surface area (Å²) in [6.45, 7) is 2.65.